The molecule has 102 valence electrons. The molecule has 0 spiro atoms. The highest BCUT2D eigenvalue weighted by Gasteiger charge is 2.06. The molecule has 0 aliphatic carbocycles. The van der Waals surface area contributed by atoms with E-state index in [1.807, 2.05) is 6.92 Å². The second-order valence-electron chi connectivity index (χ2n) is 2.53. The maximum atomic E-state index is 8.60. The van der Waals surface area contributed by atoms with Crippen LogP contribution in [0.1, 0.15) is 20.3 Å². The van der Waals surface area contributed by atoms with E-state index in [1.54, 1.807) is 6.92 Å². The molecule has 0 fully saturated rings. The minimum absolute atomic E-state index is 0.604. The first-order valence-corrected chi connectivity index (χ1v) is 6.07. The van der Waals surface area contributed by atoms with Crippen LogP contribution in [0.5, 0.6) is 0 Å². The van der Waals surface area contributed by atoms with Crippen molar-refractivity contribution in [1.29, 1.82) is 0 Å². The molecule has 0 aromatic heterocycles. The van der Waals surface area contributed by atoms with Gasteiger partial charge >= 0.3 is 0 Å². The average Bonchev–Trinajstić information content (AvgIpc) is 1.77. The Hall–Kier alpha value is -0.340. The molecule has 3 N–H and O–H groups in total. The van der Waals surface area contributed by atoms with Gasteiger partial charge in [-0.1, -0.05) is 6.92 Å². The highest BCUT2D eigenvalue weighted by Crippen LogP contribution is 1.94. The molecule has 0 saturated heterocycles. The van der Waals surface area contributed by atoms with E-state index in [9.17, 15) is 0 Å². The fourth-order valence-electron chi connectivity index (χ4n) is 0. The number of hydrogen-bond donors (Lipinski definition) is 2. The van der Waals surface area contributed by atoms with Gasteiger partial charge in [0.2, 0.25) is 0 Å². The van der Waals surface area contributed by atoms with Crippen LogP contribution in [0.2, 0.25) is 0 Å². The van der Waals surface area contributed by atoms with E-state index < -0.39 is 26.5 Å². The van der Waals surface area contributed by atoms with Crippen molar-refractivity contribution in [3.05, 3.63) is 0 Å². The van der Waals surface area contributed by atoms with Gasteiger partial charge in [0.15, 0.2) is 0 Å². The molecular formula is C4H11NO9S2-4. The smallest absolute Gasteiger partial charge is 0.110 e. The fraction of sp³-hybridized carbons (Fsp3) is 1.00. The van der Waals surface area contributed by atoms with Crippen LogP contribution in [0, 0.1) is 0 Å². The normalized spacial score (nSPS) is 14.8. The Morgan fingerprint density at radius 3 is 1.12 bits per heavy atom. The van der Waals surface area contributed by atoms with Crippen molar-refractivity contribution in [2.45, 2.75) is 26.0 Å². The van der Waals surface area contributed by atoms with E-state index in [-0.39, 0.29) is 0 Å². The van der Waals surface area contributed by atoms with Crippen LogP contribution in [-0.4, -0.2) is 45.9 Å². The first-order chi connectivity index (χ1) is 6.56. The number of hydrogen-bond acceptors (Lipinski definition) is 10. The van der Waals surface area contributed by atoms with Crippen LogP contribution in [0.25, 0.3) is 0 Å². The van der Waals surface area contributed by atoms with Gasteiger partial charge < -0.3 is 29.1 Å². The third kappa shape index (κ3) is 309. The zero-order valence-corrected chi connectivity index (χ0v) is 9.95. The van der Waals surface area contributed by atoms with Crippen LogP contribution >= 0.6 is 0 Å². The summed E-state index contributed by atoms with van der Waals surface area (Å²) < 4.78 is 68.2. The van der Waals surface area contributed by atoms with Gasteiger partial charge in [-0.2, -0.15) is 0 Å². The molecule has 0 bridgehead atoms. The summed E-state index contributed by atoms with van der Waals surface area (Å²) >= 11 is 0. The van der Waals surface area contributed by atoms with E-state index in [1.165, 1.54) is 0 Å². The monoisotopic (exact) mass is 281 g/mol. The molecule has 0 radical (unpaired) electrons. The molecule has 10 nitrogen and oxygen atoms in total. The lowest BCUT2D eigenvalue weighted by atomic mass is 10.2. The van der Waals surface area contributed by atoms with Gasteiger partial charge in [0, 0.05) is 20.8 Å². The van der Waals surface area contributed by atoms with Gasteiger partial charge in [-0.15, -0.1) is 0 Å². The molecule has 0 aromatic rings. The topological polar surface area (TPSA) is 207 Å². The minimum Gasteiger partial charge on any atom is -0.759 e. The third-order valence-electron chi connectivity index (χ3n) is 0.716. The molecule has 1 atom stereocenters. The van der Waals surface area contributed by atoms with Crippen molar-refractivity contribution in [1.82, 2.24) is 0 Å². The predicted molar refractivity (Wildman–Crippen MR) is 46.1 cm³/mol. The number of rotatable bonds is 1. The highest BCUT2D eigenvalue weighted by atomic mass is 32.3. The molecule has 12 heteroatoms. The lowest BCUT2D eigenvalue weighted by Crippen LogP contribution is -2.34. The second-order valence-corrected chi connectivity index (χ2v) is 4.16. The molecule has 0 heterocycles. The van der Waals surface area contributed by atoms with Gasteiger partial charge in [0.05, 0.1) is 0 Å². The fourth-order valence-corrected chi connectivity index (χ4v) is 0. The summed E-state index contributed by atoms with van der Waals surface area (Å²) in [6, 6.07) is 0. The van der Waals surface area contributed by atoms with Crippen LogP contribution in [0.15, 0.2) is 0 Å². The van der Waals surface area contributed by atoms with Crippen molar-refractivity contribution in [2.75, 3.05) is 0 Å². The Morgan fingerprint density at radius 1 is 1.06 bits per heavy atom. The summed E-state index contributed by atoms with van der Waals surface area (Å²) in [6.45, 7) is 3.41. The molecular weight excluding hydrogens is 270 g/mol. The van der Waals surface area contributed by atoms with Gasteiger partial charge in [-0.3, -0.25) is 16.8 Å². The minimum atomic E-state index is -5.17. The largest absolute Gasteiger partial charge is 0.759 e. The first-order valence-electron chi connectivity index (χ1n) is 3.41. The Bertz CT molecular complexity index is 303. The molecule has 16 heavy (non-hydrogen) atoms. The van der Waals surface area contributed by atoms with Crippen LogP contribution in [0.4, 0.5) is 0 Å². The molecule has 0 aliphatic heterocycles. The summed E-state index contributed by atoms with van der Waals surface area (Å²) in [6.07, 6.45) is 0.604. The molecule has 1 unspecified atom stereocenters. The van der Waals surface area contributed by atoms with Crippen molar-refractivity contribution in [3.63, 3.8) is 0 Å². The Kier molecular flexibility index (Phi) is 10.3. The lowest BCUT2D eigenvalue weighted by molar-refractivity contribution is 0.0632. The molecule has 0 saturated carbocycles. The molecule has 0 rings (SSSR count). The first kappa shape index (κ1) is 21.0. The zero-order valence-electron chi connectivity index (χ0n) is 8.31. The average molecular weight is 281 g/mol. The quantitative estimate of drug-likeness (QED) is 0.290. The predicted octanol–water partition coefficient (Wildman–Crippen LogP) is -2.61. The van der Waals surface area contributed by atoms with Crippen LogP contribution < -0.4 is 5.73 Å². The van der Waals surface area contributed by atoms with Gasteiger partial charge in [0.1, 0.15) is 5.72 Å². The lowest BCUT2D eigenvalue weighted by Gasteiger charge is -2.11. The molecule has 0 aromatic carbocycles. The second kappa shape index (κ2) is 7.86. The van der Waals surface area contributed by atoms with Crippen molar-refractivity contribution in [2.24, 2.45) is 5.73 Å². The van der Waals surface area contributed by atoms with Crippen molar-refractivity contribution >= 4 is 20.8 Å². The van der Waals surface area contributed by atoms with E-state index in [2.05, 4.69) is 0 Å². The van der Waals surface area contributed by atoms with Gasteiger partial charge in [-0.05, 0) is 13.3 Å². The summed E-state index contributed by atoms with van der Waals surface area (Å²) in [7, 11) is -10.3. The number of nitrogens with two attached hydrogens (primary N) is 1. The SMILES string of the molecule is CCC(C)(N)O.O=S(=O)([O-])[O-].O=S(=O)([O-])[O-]. The van der Waals surface area contributed by atoms with E-state index in [4.69, 9.17) is 45.9 Å². The van der Waals surface area contributed by atoms with E-state index in [0.29, 0.717) is 6.42 Å². The third-order valence-corrected chi connectivity index (χ3v) is 0.716. The Labute approximate surface area is 93.2 Å². The molecule has 0 aliphatic rings. The summed E-state index contributed by atoms with van der Waals surface area (Å²) in [5.74, 6) is 0. The van der Waals surface area contributed by atoms with Gasteiger partial charge in [-0.25, -0.2) is 0 Å². The summed E-state index contributed by atoms with van der Waals surface area (Å²) in [4.78, 5) is 0. The summed E-state index contributed by atoms with van der Waals surface area (Å²) in [5.41, 5.74) is 4.13. The zero-order chi connectivity index (χ0) is 14.2. The number of aliphatic hydroxyl groups is 1. The Morgan fingerprint density at radius 2 is 1.12 bits per heavy atom. The molecule has 0 amide bonds. The van der Waals surface area contributed by atoms with E-state index in [0.717, 1.165) is 0 Å². The van der Waals surface area contributed by atoms with Crippen LogP contribution in [0.3, 0.4) is 0 Å². The maximum absolute atomic E-state index is 8.60. The van der Waals surface area contributed by atoms with Crippen molar-refractivity contribution < 1.29 is 40.2 Å². The Balaban J connectivity index is -0.000000160. The highest BCUT2D eigenvalue weighted by molar-refractivity contribution is 7.79. The standard InChI is InChI=1S/C4H11NO.2H2O4S/c1-3-4(2,5)6;2*1-5(2,3)4/h6H,3,5H2,1-2H3;2*(H2,1,2,3,4)/p-4. The van der Waals surface area contributed by atoms with Crippen molar-refractivity contribution in [3.8, 4) is 0 Å². The van der Waals surface area contributed by atoms with Crippen LogP contribution in [-0.2, 0) is 20.8 Å². The summed E-state index contributed by atoms with van der Waals surface area (Å²) in [5, 5.41) is 8.60. The van der Waals surface area contributed by atoms with Gasteiger partial charge in [0.25, 0.3) is 0 Å². The maximum Gasteiger partial charge on any atom is 0.110 e. The van der Waals surface area contributed by atoms with E-state index >= 15 is 0 Å².